The van der Waals surface area contributed by atoms with Gasteiger partial charge in [0, 0.05) is 12.7 Å². The molecular weight excluding hydrogens is 146 g/mol. The molecule has 70 valence electrons. The summed E-state index contributed by atoms with van der Waals surface area (Å²) in [4.78, 5) is 0. The van der Waals surface area contributed by atoms with Gasteiger partial charge in [-0.05, 0) is 24.8 Å². The predicted molar refractivity (Wildman–Crippen MR) is 56.1 cm³/mol. The van der Waals surface area contributed by atoms with Crippen LogP contribution in [0.15, 0.2) is 23.9 Å². The molecule has 1 nitrogen and oxygen atoms in total. The molecule has 0 fully saturated rings. The Hall–Kier alpha value is -0.720. The molecule has 0 amide bonds. The minimum atomic E-state index is 1.07. The Morgan fingerprint density at radius 1 is 1.42 bits per heavy atom. The third-order valence-electron chi connectivity index (χ3n) is 2.09. The molecule has 0 aromatic heterocycles. The van der Waals surface area contributed by atoms with Gasteiger partial charge in [0.1, 0.15) is 0 Å². The second-order valence-corrected chi connectivity index (χ2v) is 2.92. The van der Waals surface area contributed by atoms with E-state index >= 15 is 0 Å². The predicted octanol–water partition coefficient (Wildman–Crippen LogP) is 3.25. The van der Waals surface area contributed by atoms with Crippen molar-refractivity contribution < 1.29 is 0 Å². The third kappa shape index (κ3) is 3.61. The van der Waals surface area contributed by atoms with E-state index in [-0.39, 0.29) is 0 Å². The third-order valence-corrected chi connectivity index (χ3v) is 2.09. The quantitative estimate of drug-likeness (QED) is 0.599. The lowest BCUT2D eigenvalue weighted by molar-refractivity contribution is 0.769. The molecule has 12 heavy (non-hydrogen) atoms. The van der Waals surface area contributed by atoms with Crippen molar-refractivity contribution in [2.75, 3.05) is 7.05 Å². The lowest BCUT2D eigenvalue weighted by atomic mass is 10.1. The smallest absolute Gasteiger partial charge is 0.0134 e. The average molecular weight is 167 g/mol. The number of allylic oxidation sites excluding steroid dienone is 3. The van der Waals surface area contributed by atoms with Gasteiger partial charge < -0.3 is 5.32 Å². The van der Waals surface area contributed by atoms with Gasteiger partial charge in [-0.1, -0.05) is 32.9 Å². The molecule has 0 atom stereocenters. The van der Waals surface area contributed by atoms with Crippen molar-refractivity contribution in [3.63, 3.8) is 0 Å². The summed E-state index contributed by atoms with van der Waals surface area (Å²) in [6.07, 6.45) is 6.71. The SMILES string of the molecule is C=C/C(CCCC)=C(/CC)NC. The van der Waals surface area contributed by atoms with Crippen molar-refractivity contribution in [1.29, 1.82) is 0 Å². The van der Waals surface area contributed by atoms with Gasteiger partial charge in [0.25, 0.3) is 0 Å². The van der Waals surface area contributed by atoms with E-state index in [2.05, 4.69) is 25.7 Å². The number of hydrogen-bond acceptors (Lipinski definition) is 1. The van der Waals surface area contributed by atoms with Crippen LogP contribution in [-0.2, 0) is 0 Å². The maximum atomic E-state index is 3.83. The van der Waals surface area contributed by atoms with E-state index in [0.29, 0.717) is 0 Å². The lowest BCUT2D eigenvalue weighted by Crippen LogP contribution is -2.07. The fourth-order valence-corrected chi connectivity index (χ4v) is 1.31. The summed E-state index contributed by atoms with van der Waals surface area (Å²) in [6.45, 7) is 8.21. The van der Waals surface area contributed by atoms with Gasteiger partial charge in [0.2, 0.25) is 0 Å². The summed E-state index contributed by atoms with van der Waals surface area (Å²) in [5.74, 6) is 0. The minimum Gasteiger partial charge on any atom is -0.391 e. The monoisotopic (exact) mass is 167 g/mol. The summed E-state index contributed by atoms with van der Waals surface area (Å²) >= 11 is 0. The second kappa shape index (κ2) is 6.96. The molecule has 0 saturated carbocycles. The van der Waals surface area contributed by atoms with Crippen LogP contribution in [0.3, 0.4) is 0 Å². The van der Waals surface area contributed by atoms with Gasteiger partial charge in [-0.3, -0.25) is 0 Å². The fraction of sp³-hybridized carbons (Fsp3) is 0.636. The molecule has 0 aliphatic heterocycles. The zero-order valence-corrected chi connectivity index (χ0v) is 8.61. The first-order chi connectivity index (χ1) is 5.79. The van der Waals surface area contributed by atoms with E-state index in [4.69, 9.17) is 0 Å². The van der Waals surface area contributed by atoms with Crippen molar-refractivity contribution in [1.82, 2.24) is 5.32 Å². The number of hydrogen-bond donors (Lipinski definition) is 1. The minimum absolute atomic E-state index is 1.07. The van der Waals surface area contributed by atoms with E-state index in [1.54, 1.807) is 0 Å². The molecule has 0 heterocycles. The molecule has 0 aliphatic carbocycles. The highest BCUT2D eigenvalue weighted by molar-refractivity contribution is 5.22. The van der Waals surface area contributed by atoms with Crippen molar-refractivity contribution in [2.45, 2.75) is 39.5 Å². The molecule has 0 spiro atoms. The Balaban J connectivity index is 4.24. The van der Waals surface area contributed by atoms with Crippen molar-refractivity contribution in [3.8, 4) is 0 Å². The van der Waals surface area contributed by atoms with Gasteiger partial charge in [0.05, 0.1) is 0 Å². The zero-order valence-electron chi connectivity index (χ0n) is 8.61. The molecule has 0 radical (unpaired) electrons. The van der Waals surface area contributed by atoms with E-state index in [1.165, 1.54) is 24.1 Å². The molecule has 0 saturated heterocycles. The summed E-state index contributed by atoms with van der Waals surface area (Å²) in [5, 5.41) is 3.22. The molecular formula is C11H21N. The molecule has 0 unspecified atom stereocenters. The van der Waals surface area contributed by atoms with E-state index in [1.807, 2.05) is 13.1 Å². The van der Waals surface area contributed by atoms with Crippen LogP contribution >= 0.6 is 0 Å². The maximum Gasteiger partial charge on any atom is 0.0134 e. The van der Waals surface area contributed by atoms with Crippen LogP contribution in [0.4, 0.5) is 0 Å². The molecule has 0 aromatic carbocycles. The second-order valence-electron chi connectivity index (χ2n) is 2.92. The fourth-order valence-electron chi connectivity index (χ4n) is 1.31. The standard InChI is InChI=1S/C11H21N/c1-5-8-9-10(6-2)11(7-3)12-4/h6,12H,2,5,7-9H2,1,3-4H3/b11-10+. The largest absolute Gasteiger partial charge is 0.391 e. The van der Waals surface area contributed by atoms with Crippen LogP contribution in [-0.4, -0.2) is 7.05 Å². The van der Waals surface area contributed by atoms with E-state index in [9.17, 15) is 0 Å². The molecule has 0 rings (SSSR count). The van der Waals surface area contributed by atoms with Gasteiger partial charge in [-0.15, -0.1) is 0 Å². The Labute approximate surface area is 76.6 Å². The van der Waals surface area contributed by atoms with Gasteiger partial charge >= 0.3 is 0 Å². The zero-order chi connectivity index (χ0) is 9.40. The number of rotatable bonds is 6. The maximum absolute atomic E-state index is 3.83. The van der Waals surface area contributed by atoms with Crippen LogP contribution in [0, 0.1) is 0 Å². The van der Waals surface area contributed by atoms with Crippen LogP contribution in [0.5, 0.6) is 0 Å². The summed E-state index contributed by atoms with van der Waals surface area (Å²) in [7, 11) is 1.98. The number of nitrogens with one attached hydrogen (secondary N) is 1. The normalized spacial score (nSPS) is 12.2. The highest BCUT2D eigenvalue weighted by Crippen LogP contribution is 2.13. The first-order valence-electron chi connectivity index (χ1n) is 4.82. The van der Waals surface area contributed by atoms with E-state index < -0.39 is 0 Å². The summed E-state index contributed by atoms with van der Waals surface area (Å²) in [6, 6.07) is 0. The molecule has 0 aromatic rings. The summed E-state index contributed by atoms with van der Waals surface area (Å²) < 4.78 is 0. The highest BCUT2D eigenvalue weighted by Gasteiger charge is 1.98. The highest BCUT2D eigenvalue weighted by atomic mass is 14.8. The first kappa shape index (κ1) is 11.3. The van der Waals surface area contributed by atoms with Gasteiger partial charge in [-0.2, -0.15) is 0 Å². The summed E-state index contributed by atoms with van der Waals surface area (Å²) in [5.41, 5.74) is 2.71. The lowest BCUT2D eigenvalue weighted by Gasteiger charge is -2.09. The van der Waals surface area contributed by atoms with Crippen molar-refractivity contribution >= 4 is 0 Å². The Kier molecular flexibility index (Phi) is 6.54. The topological polar surface area (TPSA) is 12.0 Å². The molecule has 0 bridgehead atoms. The molecule has 1 heteroatoms. The van der Waals surface area contributed by atoms with Gasteiger partial charge in [0.15, 0.2) is 0 Å². The van der Waals surface area contributed by atoms with Crippen LogP contribution in [0.1, 0.15) is 39.5 Å². The van der Waals surface area contributed by atoms with Crippen molar-refractivity contribution in [2.24, 2.45) is 0 Å². The van der Waals surface area contributed by atoms with E-state index in [0.717, 1.165) is 12.8 Å². The van der Waals surface area contributed by atoms with Crippen LogP contribution in [0.2, 0.25) is 0 Å². The van der Waals surface area contributed by atoms with Gasteiger partial charge in [-0.25, -0.2) is 0 Å². The molecule has 0 aliphatic rings. The molecule has 1 N–H and O–H groups in total. The van der Waals surface area contributed by atoms with Crippen LogP contribution in [0.25, 0.3) is 0 Å². The van der Waals surface area contributed by atoms with Crippen molar-refractivity contribution in [3.05, 3.63) is 23.9 Å². The Bertz CT molecular complexity index is 150. The number of unbranched alkanes of at least 4 members (excludes halogenated alkanes) is 1. The average Bonchev–Trinajstić information content (AvgIpc) is 2.12. The van der Waals surface area contributed by atoms with Crippen LogP contribution < -0.4 is 5.32 Å². The Morgan fingerprint density at radius 3 is 2.42 bits per heavy atom. The first-order valence-corrected chi connectivity index (χ1v) is 4.82. The Morgan fingerprint density at radius 2 is 2.08 bits per heavy atom.